The third-order valence-electron chi connectivity index (χ3n) is 14.6. The van der Waals surface area contributed by atoms with E-state index in [2.05, 4.69) is 14.8 Å². The Morgan fingerprint density at radius 3 is 2.08 bits per heavy atom. The lowest BCUT2D eigenvalue weighted by atomic mass is 9.81. The quantitative estimate of drug-likeness (QED) is 0.0311. The smallest absolute Gasteiger partial charge is 0.333 e. The largest absolute Gasteiger partial charge is 0.507 e. The first-order valence-electron chi connectivity index (χ1n) is 24.4. The van der Waals surface area contributed by atoms with Crippen LogP contribution in [0.1, 0.15) is 119 Å². The van der Waals surface area contributed by atoms with Crippen LogP contribution in [0.3, 0.4) is 0 Å². The van der Waals surface area contributed by atoms with Crippen LogP contribution >= 0.6 is 0 Å². The number of nitrogens with zero attached hydrogens (tertiary/aromatic N) is 3. The van der Waals surface area contributed by atoms with Crippen LogP contribution in [-0.2, 0) is 61.5 Å². The van der Waals surface area contributed by atoms with Gasteiger partial charge in [-0.3, -0.25) is 23.5 Å². The Labute approximate surface area is 427 Å². The zero-order valence-corrected chi connectivity index (χ0v) is 44.2. The molecule has 4 aliphatic heterocycles. The predicted molar refractivity (Wildman–Crippen MR) is 274 cm³/mol. The van der Waals surface area contributed by atoms with Gasteiger partial charge in [0, 0.05) is 85.3 Å². The van der Waals surface area contributed by atoms with Crippen LogP contribution in [0.25, 0.3) is 0 Å². The summed E-state index contributed by atoms with van der Waals surface area (Å²) < 4.78 is 77.1. The first-order valence-corrected chi connectivity index (χ1v) is 27.3. The number of carbonyl (C=O) groups excluding carboxylic acids is 4. The number of nitrogens with one attached hydrogen (secondary N) is 1. The molecule has 73 heavy (non-hydrogen) atoms. The Morgan fingerprint density at radius 2 is 1.41 bits per heavy atom. The fourth-order valence-electron chi connectivity index (χ4n) is 10.2. The van der Waals surface area contributed by atoms with Crippen molar-refractivity contribution in [1.82, 2.24) is 10.4 Å². The SMILES string of the molecule is Cc1c(C)c2c(c(C)c1O)CCC(C)(C(=O)NCCC[N+]1=C(/C=C/C=C/C=C/C=C3/N(CCCCCC(=O)ON4C(=O)CCC4=O)c4ccc(S(=O)(=O)O)cc4C3(C)C)C(C)(C)c3cc(S(=O)(=O)O)ccc31)O2. The maximum atomic E-state index is 13.7. The summed E-state index contributed by atoms with van der Waals surface area (Å²) in [5.41, 5.74) is 5.39. The fourth-order valence-corrected chi connectivity index (χ4v) is 11.2. The third-order valence-corrected chi connectivity index (χ3v) is 16.3. The molecule has 19 heteroatoms. The highest BCUT2D eigenvalue weighted by molar-refractivity contribution is 7.86. The molecule has 3 amide bonds. The number of hydroxylamine groups is 2. The first-order chi connectivity index (χ1) is 34.2. The number of fused-ring (bicyclic) bond motifs is 3. The maximum absolute atomic E-state index is 13.7. The molecule has 3 aromatic carbocycles. The van der Waals surface area contributed by atoms with E-state index >= 15 is 0 Å². The Balaban J connectivity index is 1.05. The van der Waals surface area contributed by atoms with Crippen molar-refractivity contribution in [3.05, 3.63) is 118 Å². The van der Waals surface area contributed by atoms with E-state index in [4.69, 9.17) is 9.57 Å². The van der Waals surface area contributed by atoms with Crippen molar-refractivity contribution >= 4 is 61.0 Å². The minimum absolute atomic E-state index is 0.0117. The first kappa shape index (κ1) is 54.4. The van der Waals surface area contributed by atoms with E-state index in [0.29, 0.717) is 80.1 Å². The number of hydrogen-bond donors (Lipinski definition) is 4. The molecule has 1 unspecified atom stereocenters. The standard InChI is InChI=1S/C54H64N4O13S2/c1-34-35(2)50-39(36(3)49(34)62)27-28-54(8,70-50)51(63)55-29-17-31-57-43-24-22-38(73(67,68)69)33-41(43)53(6,7)45(57)19-14-11-9-10-13-18-44-52(4,5)40-32-37(72(64,65)66)21-23-42(40)56(44)30-16-12-15-20-48(61)71-58-46(59)25-26-47(58)60/h9-11,13-14,18-19,21-24,32-33H,12,15-17,20,25-31H2,1-8H3,(H3-,55,62,63,64,65,66,67,68,69)/p+1. The summed E-state index contributed by atoms with van der Waals surface area (Å²) in [6.45, 7) is 16.5. The van der Waals surface area contributed by atoms with Gasteiger partial charge in [-0.15, -0.1) is 5.06 Å². The number of unbranched alkanes of at least 4 members (excludes halogenated alkanes) is 2. The van der Waals surface area contributed by atoms with E-state index in [1.807, 2.05) is 91.0 Å². The summed E-state index contributed by atoms with van der Waals surface area (Å²) in [5.74, 6) is -1.11. The highest BCUT2D eigenvalue weighted by Gasteiger charge is 2.46. The van der Waals surface area contributed by atoms with Crippen molar-refractivity contribution in [1.29, 1.82) is 0 Å². The van der Waals surface area contributed by atoms with Gasteiger partial charge in [-0.05, 0) is 119 Å². The topological polar surface area (TPSA) is 237 Å². The van der Waals surface area contributed by atoms with Gasteiger partial charge in [0.1, 0.15) is 11.5 Å². The molecule has 1 fully saturated rings. The molecule has 17 nitrogen and oxygen atoms in total. The van der Waals surface area contributed by atoms with E-state index in [0.717, 1.165) is 45.0 Å². The van der Waals surface area contributed by atoms with Crippen LogP contribution in [0.4, 0.5) is 11.4 Å². The van der Waals surface area contributed by atoms with Crippen molar-refractivity contribution in [3.63, 3.8) is 0 Å². The summed E-state index contributed by atoms with van der Waals surface area (Å²) in [5, 5.41) is 14.2. The minimum atomic E-state index is -4.48. The van der Waals surface area contributed by atoms with Gasteiger partial charge in [-0.1, -0.05) is 50.6 Å². The number of amides is 3. The average molecular weight is 1040 g/mol. The molecule has 0 aliphatic carbocycles. The lowest BCUT2D eigenvalue weighted by Crippen LogP contribution is -2.51. The number of hydrogen-bond acceptors (Lipinski definition) is 12. The number of imide groups is 1. The summed E-state index contributed by atoms with van der Waals surface area (Å²) in [6.07, 6.45) is 16.4. The Bertz CT molecular complexity index is 3150. The van der Waals surface area contributed by atoms with Crippen molar-refractivity contribution in [2.45, 2.75) is 139 Å². The molecular formula is C54H65N4O13S2+. The zero-order chi connectivity index (χ0) is 53.4. The Morgan fingerprint density at radius 1 is 0.781 bits per heavy atom. The molecule has 390 valence electrons. The molecule has 4 heterocycles. The fraction of sp³-hybridized carbons (Fsp3) is 0.426. The van der Waals surface area contributed by atoms with Gasteiger partial charge in [0.05, 0.1) is 15.2 Å². The monoisotopic (exact) mass is 1040 g/mol. The summed E-state index contributed by atoms with van der Waals surface area (Å²) in [7, 11) is -8.96. The number of benzene rings is 3. The van der Waals surface area contributed by atoms with Crippen LogP contribution in [0.15, 0.2) is 94.4 Å². The van der Waals surface area contributed by atoms with E-state index in [1.54, 1.807) is 19.1 Å². The molecule has 4 aliphatic rings. The summed E-state index contributed by atoms with van der Waals surface area (Å²) in [4.78, 5) is 56.4. The molecule has 0 bridgehead atoms. The van der Waals surface area contributed by atoms with E-state index < -0.39 is 54.5 Å². The van der Waals surface area contributed by atoms with E-state index in [-0.39, 0.29) is 40.7 Å². The van der Waals surface area contributed by atoms with Crippen LogP contribution in [0, 0.1) is 20.8 Å². The van der Waals surface area contributed by atoms with Gasteiger partial charge in [-0.2, -0.15) is 21.4 Å². The number of carbonyl (C=O) groups is 4. The lowest BCUT2D eigenvalue weighted by molar-refractivity contribution is -0.437. The lowest BCUT2D eigenvalue weighted by Gasteiger charge is -2.36. The summed E-state index contributed by atoms with van der Waals surface area (Å²) >= 11 is 0. The molecule has 0 spiro atoms. The van der Waals surface area contributed by atoms with Gasteiger partial charge in [0.15, 0.2) is 17.9 Å². The van der Waals surface area contributed by atoms with Gasteiger partial charge >= 0.3 is 5.97 Å². The second-order valence-corrected chi connectivity index (χ2v) is 23.1. The van der Waals surface area contributed by atoms with Crippen molar-refractivity contribution < 1.29 is 64.4 Å². The van der Waals surface area contributed by atoms with Crippen molar-refractivity contribution in [3.8, 4) is 11.5 Å². The Hall–Kier alpha value is -6.41. The van der Waals surface area contributed by atoms with E-state index in [1.165, 1.54) is 24.3 Å². The highest BCUT2D eigenvalue weighted by atomic mass is 32.2. The second-order valence-electron chi connectivity index (χ2n) is 20.3. The molecular weight excluding hydrogens is 977 g/mol. The number of allylic oxidation sites excluding steroid dienone is 8. The minimum Gasteiger partial charge on any atom is -0.507 e. The average Bonchev–Trinajstić information content (AvgIpc) is 3.84. The van der Waals surface area contributed by atoms with Crippen LogP contribution in [-0.4, -0.2) is 95.3 Å². The second kappa shape index (κ2) is 20.8. The van der Waals surface area contributed by atoms with Gasteiger partial charge in [0.2, 0.25) is 5.69 Å². The van der Waals surface area contributed by atoms with Crippen LogP contribution in [0.5, 0.6) is 11.5 Å². The van der Waals surface area contributed by atoms with Crippen molar-refractivity contribution in [2.24, 2.45) is 0 Å². The predicted octanol–water partition coefficient (Wildman–Crippen LogP) is 8.00. The molecule has 1 saturated heterocycles. The number of phenolic OH excluding ortho intramolecular Hbond substituents is 1. The number of rotatable bonds is 18. The molecule has 0 aromatic heterocycles. The summed E-state index contributed by atoms with van der Waals surface area (Å²) in [6, 6.07) is 9.06. The zero-order valence-electron chi connectivity index (χ0n) is 42.6. The number of aromatic hydroxyl groups is 1. The molecule has 1 atom stereocenters. The number of phenols is 1. The molecule has 0 radical (unpaired) electrons. The van der Waals surface area contributed by atoms with Gasteiger partial charge in [-0.25, -0.2) is 4.79 Å². The number of anilines is 1. The van der Waals surface area contributed by atoms with Crippen molar-refractivity contribution in [2.75, 3.05) is 24.5 Å². The van der Waals surface area contributed by atoms with E-state index in [9.17, 15) is 50.2 Å². The molecule has 3 aromatic rings. The maximum Gasteiger partial charge on any atom is 0.333 e. The normalized spacial score (nSPS) is 19.9. The molecule has 7 rings (SSSR count). The van der Waals surface area contributed by atoms with Crippen LogP contribution < -0.4 is 15.0 Å². The molecule has 0 saturated carbocycles. The molecule has 4 N–H and O–H groups in total. The van der Waals surface area contributed by atoms with Gasteiger partial charge < -0.3 is 24.9 Å². The van der Waals surface area contributed by atoms with Crippen LogP contribution in [0.2, 0.25) is 0 Å². The van der Waals surface area contributed by atoms with Gasteiger partial charge in [0.25, 0.3) is 38.0 Å². The third kappa shape index (κ3) is 11.1. The number of ether oxygens (including phenoxy) is 1. The Kier molecular flexibility index (Phi) is 15.5. The highest BCUT2D eigenvalue weighted by Crippen LogP contribution is 2.49.